The van der Waals surface area contributed by atoms with Crippen LogP contribution in [0.1, 0.15) is 34.5 Å². The van der Waals surface area contributed by atoms with Crippen LogP contribution in [0.4, 0.5) is 10.5 Å². The summed E-state index contributed by atoms with van der Waals surface area (Å²) in [5.41, 5.74) is 9.94. The second-order valence-electron chi connectivity index (χ2n) is 9.51. The number of nitriles is 1. The predicted octanol–water partition coefficient (Wildman–Crippen LogP) is 4.08. The van der Waals surface area contributed by atoms with E-state index in [2.05, 4.69) is 27.0 Å². The number of piperazine rings is 1. The van der Waals surface area contributed by atoms with Gasteiger partial charge >= 0.3 is 6.03 Å². The molecular formula is C28H30N6O3. The summed E-state index contributed by atoms with van der Waals surface area (Å²) >= 11 is 0. The highest BCUT2D eigenvalue weighted by atomic mass is 16.3. The standard InChI is InChI=1S/C28H30N6O3/c1-32(28(30)36)27(35)26-16-21-15-22(6-8-25(21)37-26)34-12-10-33(11-13-34)9-3-2-4-20-18-31-24-7-5-19(17-29)14-23(20)24/h5-8,14-16,18,31H,2-4,9-13H2,1H3,(H2,30,36). The molecule has 0 aliphatic carbocycles. The third-order valence-electron chi connectivity index (χ3n) is 7.15. The first-order valence-corrected chi connectivity index (χ1v) is 12.5. The van der Waals surface area contributed by atoms with Crippen LogP contribution in [0, 0.1) is 11.3 Å². The second kappa shape index (κ2) is 10.4. The number of aryl methyl sites for hydroxylation is 1. The Morgan fingerprint density at radius 2 is 1.92 bits per heavy atom. The first kappa shape index (κ1) is 24.4. The fourth-order valence-corrected chi connectivity index (χ4v) is 4.93. The van der Waals surface area contributed by atoms with Gasteiger partial charge in [-0.1, -0.05) is 0 Å². The van der Waals surface area contributed by atoms with Gasteiger partial charge in [0.05, 0.1) is 11.6 Å². The third kappa shape index (κ3) is 5.15. The quantitative estimate of drug-likeness (QED) is 0.370. The number of benzene rings is 2. The molecule has 37 heavy (non-hydrogen) atoms. The fourth-order valence-electron chi connectivity index (χ4n) is 4.93. The average molecular weight is 499 g/mol. The predicted molar refractivity (Wildman–Crippen MR) is 142 cm³/mol. The smallest absolute Gasteiger partial charge is 0.321 e. The van der Waals surface area contributed by atoms with Crippen LogP contribution in [-0.2, 0) is 6.42 Å². The number of carbonyl (C=O) groups is 2. The number of hydrogen-bond acceptors (Lipinski definition) is 6. The van der Waals surface area contributed by atoms with Gasteiger partial charge in [-0.25, -0.2) is 4.79 Å². The number of rotatable bonds is 7. The molecular weight excluding hydrogens is 468 g/mol. The maximum Gasteiger partial charge on any atom is 0.321 e. The van der Waals surface area contributed by atoms with E-state index in [9.17, 15) is 14.9 Å². The molecule has 190 valence electrons. The van der Waals surface area contributed by atoms with Gasteiger partial charge in [0, 0.05) is 61.4 Å². The van der Waals surface area contributed by atoms with Crippen molar-refractivity contribution in [3.63, 3.8) is 0 Å². The van der Waals surface area contributed by atoms with Crippen molar-refractivity contribution in [2.45, 2.75) is 19.3 Å². The lowest BCUT2D eigenvalue weighted by Crippen LogP contribution is -2.46. The highest BCUT2D eigenvalue weighted by molar-refractivity contribution is 6.04. The number of H-pyrrole nitrogens is 1. The van der Waals surface area contributed by atoms with Crippen LogP contribution in [0.15, 0.2) is 53.1 Å². The molecule has 9 nitrogen and oxygen atoms in total. The van der Waals surface area contributed by atoms with Crippen molar-refractivity contribution in [3.8, 4) is 6.07 Å². The van der Waals surface area contributed by atoms with Crippen molar-refractivity contribution in [2.75, 3.05) is 44.7 Å². The molecule has 2 aromatic heterocycles. The van der Waals surface area contributed by atoms with E-state index in [1.165, 1.54) is 12.6 Å². The molecule has 0 spiro atoms. The third-order valence-corrected chi connectivity index (χ3v) is 7.15. The number of anilines is 1. The van der Waals surface area contributed by atoms with Crippen molar-refractivity contribution >= 4 is 39.5 Å². The maximum atomic E-state index is 12.3. The molecule has 0 unspecified atom stereocenters. The van der Waals surface area contributed by atoms with E-state index in [0.717, 1.165) is 78.9 Å². The number of aromatic nitrogens is 1. The zero-order valence-corrected chi connectivity index (χ0v) is 20.9. The molecule has 1 aliphatic rings. The van der Waals surface area contributed by atoms with Crippen molar-refractivity contribution in [1.82, 2.24) is 14.8 Å². The molecule has 3 heterocycles. The molecule has 4 aromatic rings. The van der Waals surface area contributed by atoms with Gasteiger partial charge in [-0.3, -0.25) is 14.6 Å². The van der Waals surface area contributed by atoms with Crippen LogP contribution in [0.2, 0.25) is 0 Å². The summed E-state index contributed by atoms with van der Waals surface area (Å²) in [6.45, 7) is 4.92. The number of imide groups is 1. The minimum atomic E-state index is -0.823. The Labute approximate surface area is 215 Å². The van der Waals surface area contributed by atoms with Gasteiger partial charge in [0.1, 0.15) is 5.58 Å². The van der Waals surface area contributed by atoms with E-state index < -0.39 is 11.9 Å². The summed E-state index contributed by atoms with van der Waals surface area (Å²) in [6, 6.07) is 14.7. The van der Waals surface area contributed by atoms with E-state index in [1.54, 1.807) is 6.07 Å². The number of nitrogens with zero attached hydrogens (tertiary/aromatic N) is 4. The normalized spacial score (nSPS) is 14.2. The number of carbonyl (C=O) groups excluding carboxylic acids is 2. The summed E-state index contributed by atoms with van der Waals surface area (Å²) in [6.07, 6.45) is 5.30. The Balaban J connectivity index is 1.11. The molecule has 5 rings (SSSR count). The topological polar surface area (TPSA) is 123 Å². The lowest BCUT2D eigenvalue weighted by molar-refractivity contribution is 0.0810. The van der Waals surface area contributed by atoms with Gasteiger partial charge in [0.15, 0.2) is 5.76 Å². The number of primary amides is 1. The van der Waals surface area contributed by atoms with E-state index in [0.29, 0.717) is 11.1 Å². The highest BCUT2D eigenvalue weighted by Gasteiger charge is 2.21. The summed E-state index contributed by atoms with van der Waals surface area (Å²) < 4.78 is 5.64. The average Bonchev–Trinajstić information content (AvgIpc) is 3.53. The molecule has 2 aromatic carbocycles. The Kier molecular flexibility index (Phi) is 6.84. The van der Waals surface area contributed by atoms with Crippen molar-refractivity contribution in [2.24, 2.45) is 5.73 Å². The molecule has 0 atom stereocenters. The van der Waals surface area contributed by atoms with Gasteiger partial charge < -0.3 is 20.0 Å². The van der Waals surface area contributed by atoms with Crippen LogP contribution in [0.25, 0.3) is 21.9 Å². The Morgan fingerprint density at radius 3 is 2.68 bits per heavy atom. The Bertz CT molecular complexity index is 1490. The SMILES string of the molecule is CN(C(N)=O)C(=O)c1cc2cc(N3CCN(CCCCc4c[nH]c5ccc(C#N)cc45)CC3)ccc2o1. The lowest BCUT2D eigenvalue weighted by atomic mass is 10.1. The summed E-state index contributed by atoms with van der Waals surface area (Å²) in [7, 11) is 1.33. The number of hydrogen-bond donors (Lipinski definition) is 2. The van der Waals surface area contributed by atoms with Crippen LogP contribution < -0.4 is 10.6 Å². The molecule has 9 heteroatoms. The maximum absolute atomic E-state index is 12.3. The van der Waals surface area contributed by atoms with Crippen LogP contribution in [0.5, 0.6) is 0 Å². The summed E-state index contributed by atoms with van der Waals surface area (Å²) in [5, 5.41) is 11.1. The van der Waals surface area contributed by atoms with Crippen LogP contribution in [0.3, 0.4) is 0 Å². The minimum absolute atomic E-state index is 0.0939. The van der Waals surface area contributed by atoms with Crippen molar-refractivity contribution < 1.29 is 14.0 Å². The number of urea groups is 1. The highest BCUT2D eigenvalue weighted by Crippen LogP contribution is 2.27. The monoisotopic (exact) mass is 498 g/mol. The molecule has 0 radical (unpaired) electrons. The van der Waals surface area contributed by atoms with Gasteiger partial charge in [-0.05, 0) is 73.8 Å². The number of fused-ring (bicyclic) bond motifs is 2. The van der Waals surface area contributed by atoms with Gasteiger partial charge in [-0.2, -0.15) is 5.26 Å². The molecule has 1 aliphatic heterocycles. The van der Waals surface area contributed by atoms with E-state index in [1.807, 2.05) is 36.4 Å². The second-order valence-corrected chi connectivity index (χ2v) is 9.51. The van der Waals surface area contributed by atoms with E-state index in [4.69, 9.17) is 10.2 Å². The number of nitrogens with one attached hydrogen (secondary N) is 1. The molecule has 0 saturated carbocycles. The van der Waals surface area contributed by atoms with Crippen LogP contribution in [-0.4, -0.2) is 66.5 Å². The van der Waals surface area contributed by atoms with Crippen molar-refractivity contribution in [3.05, 3.63) is 65.5 Å². The summed E-state index contributed by atoms with van der Waals surface area (Å²) in [5.74, 6) is -0.466. The molecule has 3 amide bonds. The zero-order chi connectivity index (χ0) is 25.9. The van der Waals surface area contributed by atoms with Gasteiger partial charge in [0.25, 0.3) is 5.91 Å². The molecule has 3 N–H and O–H groups in total. The Morgan fingerprint density at radius 1 is 1.11 bits per heavy atom. The fraction of sp³-hybridized carbons (Fsp3) is 0.321. The molecule has 1 fully saturated rings. The number of furan rings is 1. The zero-order valence-electron chi connectivity index (χ0n) is 20.9. The van der Waals surface area contributed by atoms with Crippen LogP contribution >= 0.6 is 0 Å². The first-order chi connectivity index (χ1) is 17.9. The minimum Gasteiger partial charge on any atom is -0.451 e. The Hall–Kier alpha value is -4.29. The van der Waals surface area contributed by atoms with Gasteiger partial charge in [0.2, 0.25) is 0 Å². The first-order valence-electron chi connectivity index (χ1n) is 12.5. The van der Waals surface area contributed by atoms with E-state index in [-0.39, 0.29) is 5.76 Å². The number of unbranched alkanes of at least 4 members (excludes halogenated alkanes) is 1. The molecule has 0 bridgehead atoms. The summed E-state index contributed by atoms with van der Waals surface area (Å²) in [4.78, 5) is 32.6. The number of aromatic amines is 1. The van der Waals surface area contributed by atoms with Gasteiger partial charge in [-0.15, -0.1) is 0 Å². The largest absolute Gasteiger partial charge is 0.451 e. The van der Waals surface area contributed by atoms with E-state index >= 15 is 0 Å². The number of nitrogens with two attached hydrogens (primary N) is 1. The number of amides is 3. The molecule has 1 saturated heterocycles. The lowest BCUT2D eigenvalue weighted by Gasteiger charge is -2.36. The van der Waals surface area contributed by atoms with Crippen molar-refractivity contribution in [1.29, 1.82) is 5.26 Å².